The average Bonchev–Trinajstić information content (AvgIpc) is 2.26. The first-order chi connectivity index (χ1) is 7.65. The molecule has 88 valence electrons. The lowest BCUT2D eigenvalue weighted by Gasteiger charge is -2.07. The minimum absolute atomic E-state index is 0.0240. The number of nitrogens with one attached hydrogen (secondary N) is 2. The number of halogens is 1. The molecule has 1 aromatic heterocycles. The van der Waals surface area contributed by atoms with Crippen molar-refractivity contribution in [2.24, 2.45) is 0 Å². The molecule has 0 aliphatic heterocycles. The van der Waals surface area contributed by atoms with Crippen LogP contribution < -0.4 is 10.6 Å². The van der Waals surface area contributed by atoms with E-state index in [2.05, 4.69) is 31.5 Å². The van der Waals surface area contributed by atoms with Crippen LogP contribution in [0.1, 0.15) is 6.92 Å². The fraction of sp³-hybridized carbons (Fsp3) is 0.444. The number of pyridine rings is 1. The van der Waals surface area contributed by atoms with Crippen molar-refractivity contribution in [2.75, 3.05) is 25.0 Å². The lowest BCUT2D eigenvalue weighted by atomic mass is 10.4. The number of hydrogen-bond acceptors (Lipinski definition) is 5. The summed E-state index contributed by atoms with van der Waals surface area (Å²) in [5.74, 6) is 0.614. The molecule has 6 nitrogen and oxygen atoms in total. The molecule has 0 aliphatic carbocycles. The fourth-order valence-corrected chi connectivity index (χ4v) is 1.58. The third-order valence-electron chi connectivity index (χ3n) is 1.88. The Morgan fingerprint density at radius 1 is 1.56 bits per heavy atom. The average molecular weight is 289 g/mol. The van der Waals surface area contributed by atoms with E-state index in [0.29, 0.717) is 10.3 Å². The molecule has 0 aromatic carbocycles. The van der Waals surface area contributed by atoms with Crippen molar-refractivity contribution in [3.05, 3.63) is 26.9 Å². The molecule has 0 fully saturated rings. The van der Waals surface area contributed by atoms with Gasteiger partial charge in [0.15, 0.2) is 0 Å². The predicted molar refractivity (Wildman–Crippen MR) is 65.6 cm³/mol. The van der Waals surface area contributed by atoms with Gasteiger partial charge in [-0.25, -0.2) is 4.98 Å². The zero-order valence-electron chi connectivity index (χ0n) is 8.86. The van der Waals surface area contributed by atoms with E-state index >= 15 is 0 Å². The molecule has 16 heavy (non-hydrogen) atoms. The van der Waals surface area contributed by atoms with Gasteiger partial charge in [0.2, 0.25) is 0 Å². The monoisotopic (exact) mass is 288 g/mol. The highest BCUT2D eigenvalue weighted by atomic mass is 79.9. The first-order valence-electron chi connectivity index (χ1n) is 4.89. The van der Waals surface area contributed by atoms with E-state index < -0.39 is 4.92 Å². The van der Waals surface area contributed by atoms with Gasteiger partial charge in [-0.15, -0.1) is 0 Å². The molecule has 7 heteroatoms. The Kier molecular flexibility index (Phi) is 5.13. The molecule has 0 unspecified atom stereocenters. The first-order valence-corrected chi connectivity index (χ1v) is 5.69. The van der Waals surface area contributed by atoms with Crippen LogP contribution in [0, 0.1) is 10.1 Å². The summed E-state index contributed by atoms with van der Waals surface area (Å²) < 4.78 is 0.596. The number of likely N-dealkylation sites (N-methyl/N-ethyl adjacent to an activating group) is 1. The molecular formula is C9H13BrN4O2. The second-order valence-electron chi connectivity index (χ2n) is 3.06. The number of anilines is 1. The van der Waals surface area contributed by atoms with Crippen LogP contribution in [0.25, 0.3) is 0 Å². The van der Waals surface area contributed by atoms with Gasteiger partial charge >= 0.3 is 0 Å². The van der Waals surface area contributed by atoms with E-state index in [1.807, 2.05) is 6.92 Å². The lowest BCUT2D eigenvalue weighted by Crippen LogP contribution is -2.22. The molecule has 0 aliphatic rings. The topological polar surface area (TPSA) is 80.1 Å². The summed E-state index contributed by atoms with van der Waals surface area (Å²) >= 11 is 3.23. The Morgan fingerprint density at radius 3 is 2.88 bits per heavy atom. The predicted octanol–water partition coefficient (Wildman–Crippen LogP) is 1.77. The van der Waals surface area contributed by atoms with Crippen molar-refractivity contribution in [1.82, 2.24) is 10.3 Å². The minimum Gasteiger partial charge on any atom is -0.368 e. The molecule has 0 spiro atoms. The van der Waals surface area contributed by atoms with Crippen LogP contribution in [0.4, 0.5) is 11.5 Å². The molecule has 1 aromatic rings. The Balaban J connectivity index is 2.57. The van der Waals surface area contributed by atoms with Crippen LogP contribution in [-0.2, 0) is 0 Å². The second-order valence-corrected chi connectivity index (χ2v) is 3.92. The van der Waals surface area contributed by atoms with Gasteiger partial charge in [0.05, 0.1) is 9.40 Å². The Hall–Kier alpha value is -1.21. The maximum Gasteiger partial charge on any atom is 0.288 e. The van der Waals surface area contributed by atoms with E-state index in [-0.39, 0.29) is 5.69 Å². The third-order valence-corrected chi connectivity index (χ3v) is 2.49. The summed E-state index contributed by atoms with van der Waals surface area (Å²) in [5.41, 5.74) is -0.0240. The summed E-state index contributed by atoms with van der Waals surface area (Å²) in [4.78, 5) is 14.0. The van der Waals surface area contributed by atoms with Crippen molar-refractivity contribution >= 4 is 27.4 Å². The first kappa shape index (κ1) is 12.9. The molecule has 1 heterocycles. The largest absolute Gasteiger partial charge is 0.368 e. The lowest BCUT2D eigenvalue weighted by molar-refractivity contribution is -0.385. The van der Waals surface area contributed by atoms with Gasteiger partial charge in [-0.2, -0.15) is 0 Å². The van der Waals surface area contributed by atoms with Crippen LogP contribution in [-0.4, -0.2) is 29.5 Å². The van der Waals surface area contributed by atoms with Gasteiger partial charge in [0.1, 0.15) is 12.0 Å². The van der Waals surface area contributed by atoms with Gasteiger partial charge in [0.25, 0.3) is 5.69 Å². The van der Waals surface area contributed by atoms with Crippen molar-refractivity contribution in [1.29, 1.82) is 0 Å². The van der Waals surface area contributed by atoms with Crippen LogP contribution in [0.5, 0.6) is 0 Å². The highest BCUT2D eigenvalue weighted by Gasteiger charge is 2.09. The fourth-order valence-electron chi connectivity index (χ4n) is 1.10. The Morgan fingerprint density at radius 2 is 2.31 bits per heavy atom. The van der Waals surface area contributed by atoms with Crippen molar-refractivity contribution in [3.63, 3.8) is 0 Å². The zero-order chi connectivity index (χ0) is 12.0. The molecule has 0 amide bonds. The van der Waals surface area contributed by atoms with Crippen LogP contribution in [0.3, 0.4) is 0 Å². The number of rotatable bonds is 6. The van der Waals surface area contributed by atoms with Gasteiger partial charge in [0, 0.05) is 19.2 Å². The van der Waals surface area contributed by atoms with Crippen LogP contribution >= 0.6 is 15.9 Å². The number of nitro groups is 1. The van der Waals surface area contributed by atoms with E-state index in [1.165, 1.54) is 12.3 Å². The molecule has 0 atom stereocenters. The Bertz CT molecular complexity index is 373. The smallest absolute Gasteiger partial charge is 0.288 e. The van der Waals surface area contributed by atoms with E-state index in [9.17, 15) is 10.1 Å². The van der Waals surface area contributed by atoms with Gasteiger partial charge in [-0.3, -0.25) is 10.1 Å². The second kappa shape index (κ2) is 6.39. The zero-order valence-corrected chi connectivity index (χ0v) is 10.5. The minimum atomic E-state index is -0.472. The molecular weight excluding hydrogens is 276 g/mol. The highest BCUT2D eigenvalue weighted by molar-refractivity contribution is 9.10. The summed E-state index contributed by atoms with van der Waals surface area (Å²) in [7, 11) is 0. The standard InChI is InChI=1S/C9H13BrN4O2/c1-2-11-3-4-12-9-8(10)5-7(6-13-9)14(15)16/h5-6,11H,2-4H2,1H3,(H,12,13). The molecule has 2 N–H and O–H groups in total. The van der Waals surface area contributed by atoms with Crippen LogP contribution in [0.2, 0.25) is 0 Å². The quantitative estimate of drug-likeness (QED) is 0.474. The summed E-state index contributed by atoms with van der Waals surface area (Å²) in [6.07, 6.45) is 1.24. The molecule has 0 saturated heterocycles. The number of hydrogen-bond donors (Lipinski definition) is 2. The van der Waals surface area contributed by atoms with E-state index in [0.717, 1.165) is 19.6 Å². The van der Waals surface area contributed by atoms with Crippen LogP contribution in [0.15, 0.2) is 16.7 Å². The number of aromatic nitrogens is 1. The summed E-state index contributed by atoms with van der Waals surface area (Å²) in [5, 5.41) is 16.7. The van der Waals surface area contributed by atoms with Gasteiger partial charge in [-0.05, 0) is 22.5 Å². The normalized spacial score (nSPS) is 10.1. The molecule has 0 radical (unpaired) electrons. The number of nitrogens with zero attached hydrogens (tertiary/aromatic N) is 2. The Labute approximate surface area is 102 Å². The van der Waals surface area contributed by atoms with Gasteiger partial charge in [-0.1, -0.05) is 6.92 Å². The molecule has 1 rings (SSSR count). The van der Waals surface area contributed by atoms with Crippen molar-refractivity contribution < 1.29 is 4.92 Å². The maximum atomic E-state index is 10.5. The van der Waals surface area contributed by atoms with E-state index in [1.54, 1.807) is 0 Å². The highest BCUT2D eigenvalue weighted by Crippen LogP contribution is 2.23. The third kappa shape index (κ3) is 3.74. The molecule has 0 bridgehead atoms. The summed E-state index contributed by atoms with van der Waals surface area (Å²) in [6, 6.07) is 1.43. The SMILES string of the molecule is CCNCCNc1ncc([N+](=O)[O-])cc1Br. The van der Waals surface area contributed by atoms with E-state index in [4.69, 9.17) is 0 Å². The van der Waals surface area contributed by atoms with Crippen molar-refractivity contribution in [3.8, 4) is 0 Å². The van der Waals surface area contributed by atoms with Gasteiger partial charge < -0.3 is 10.6 Å². The molecule has 0 saturated carbocycles. The maximum absolute atomic E-state index is 10.5. The van der Waals surface area contributed by atoms with Crippen molar-refractivity contribution in [2.45, 2.75) is 6.92 Å². The summed E-state index contributed by atoms with van der Waals surface area (Å²) in [6.45, 7) is 4.48.